The van der Waals surface area contributed by atoms with Gasteiger partial charge in [-0.2, -0.15) is 0 Å². The highest BCUT2D eigenvalue weighted by atomic mass is 35.5. The lowest BCUT2D eigenvalue weighted by molar-refractivity contribution is -0.139. The first-order chi connectivity index (χ1) is 19.0. The monoisotopic (exact) mass is 557 g/mol. The third-order valence-electron chi connectivity index (χ3n) is 9.73. The molecule has 2 N–H and O–H groups in total. The molecule has 3 aliphatic heterocycles. The Balaban J connectivity index is 1.33. The highest BCUT2D eigenvalue weighted by molar-refractivity contribution is 6.30. The molecule has 39 heavy (non-hydrogen) atoms. The zero-order chi connectivity index (χ0) is 27.4. The minimum Gasteiger partial charge on any atom is -0.335 e. The van der Waals surface area contributed by atoms with Crippen molar-refractivity contribution >= 4 is 23.5 Å². The number of urea groups is 1. The predicted octanol–water partition coefficient (Wildman–Crippen LogP) is 4.82. The van der Waals surface area contributed by atoms with Crippen molar-refractivity contribution in [1.82, 2.24) is 25.3 Å². The number of nitrogens with one attached hydrogen (secondary N) is 2. The van der Waals surface area contributed by atoms with Gasteiger partial charge in [-0.1, -0.05) is 43.0 Å². The number of piperidine rings is 1. The molecular formula is C31H48ClN5O2. The van der Waals surface area contributed by atoms with Gasteiger partial charge in [0.2, 0.25) is 5.91 Å². The summed E-state index contributed by atoms with van der Waals surface area (Å²) in [6.45, 7) is 7.56. The summed E-state index contributed by atoms with van der Waals surface area (Å²) in [7, 11) is 0. The van der Waals surface area contributed by atoms with Gasteiger partial charge < -0.3 is 25.3 Å². The Labute approximate surface area is 240 Å². The first-order valence-electron chi connectivity index (χ1n) is 15.6. The molecule has 4 aliphatic rings. The van der Waals surface area contributed by atoms with E-state index < -0.39 is 0 Å². The van der Waals surface area contributed by atoms with Gasteiger partial charge in [0, 0.05) is 54.9 Å². The van der Waals surface area contributed by atoms with E-state index in [1.54, 1.807) is 0 Å². The van der Waals surface area contributed by atoms with Crippen LogP contribution in [0.5, 0.6) is 0 Å². The number of fused-ring (bicyclic) bond motifs is 2. The minimum atomic E-state index is -0.248. The SMILES string of the molecule is CCN(CC)C(=O)N(C1CCCCC1)C1CC2CCC(C1)N2C(=O)[C@H](Cc1ccc(Cl)cc1)NC1CCNC1. The Kier molecular flexibility index (Phi) is 9.73. The van der Waals surface area contributed by atoms with Crippen molar-refractivity contribution in [3.63, 3.8) is 0 Å². The van der Waals surface area contributed by atoms with Crippen LogP contribution in [0.4, 0.5) is 4.79 Å². The number of carbonyl (C=O) groups excluding carboxylic acids is 2. The van der Waals surface area contributed by atoms with Crippen molar-refractivity contribution in [2.24, 2.45) is 0 Å². The van der Waals surface area contributed by atoms with Crippen LogP contribution in [0.2, 0.25) is 5.02 Å². The highest BCUT2D eigenvalue weighted by Gasteiger charge is 2.48. The number of halogens is 1. The van der Waals surface area contributed by atoms with E-state index in [1.807, 2.05) is 29.2 Å². The molecular weight excluding hydrogens is 510 g/mol. The van der Waals surface area contributed by atoms with Gasteiger partial charge >= 0.3 is 6.03 Å². The summed E-state index contributed by atoms with van der Waals surface area (Å²) in [5.41, 5.74) is 1.13. The molecule has 1 aromatic carbocycles. The van der Waals surface area contributed by atoms with Crippen LogP contribution in [-0.2, 0) is 11.2 Å². The van der Waals surface area contributed by atoms with Gasteiger partial charge in [0.1, 0.15) is 0 Å². The van der Waals surface area contributed by atoms with Gasteiger partial charge in [-0.15, -0.1) is 0 Å². The summed E-state index contributed by atoms with van der Waals surface area (Å²) >= 11 is 6.14. The third kappa shape index (κ3) is 6.57. The molecule has 2 bridgehead atoms. The molecule has 5 rings (SSSR count). The summed E-state index contributed by atoms with van der Waals surface area (Å²) < 4.78 is 0. The van der Waals surface area contributed by atoms with Crippen molar-refractivity contribution in [3.05, 3.63) is 34.9 Å². The highest BCUT2D eigenvalue weighted by Crippen LogP contribution is 2.40. The van der Waals surface area contributed by atoms with E-state index in [4.69, 9.17) is 11.6 Å². The zero-order valence-electron chi connectivity index (χ0n) is 23.9. The lowest BCUT2D eigenvalue weighted by Gasteiger charge is -2.48. The van der Waals surface area contributed by atoms with E-state index in [9.17, 15) is 9.59 Å². The van der Waals surface area contributed by atoms with Crippen molar-refractivity contribution in [3.8, 4) is 0 Å². The minimum absolute atomic E-state index is 0.215. The number of hydrogen-bond acceptors (Lipinski definition) is 4. The van der Waals surface area contributed by atoms with Crippen molar-refractivity contribution in [2.45, 2.75) is 121 Å². The standard InChI is InChI=1S/C31H48ClN5O2/c1-3-35(4-2)31(39)37(25-8-6-5-7-9-25)28-19-26-14-15-27(20-28)36(26)30(38)29(34-24-16-17-33-21-24)18-22-10-12-23(32)13-11-22/h10-13,24-29,33-34H,3-9,14-21H2,1-2H3/t24?,26?,27?,28?,29-/m0/s1. The van der Waals surface area contributed by atoms with E-state index in [2.05, 4.69) is 34.3 Å². The van der Waals surface area contributed by atoms with Crippen molar-refractivity contribution in [2.75, 3.05) is 26.2 Å². The molecule has 0 spiro atoms. The lowest BCUT2D eigenvalue weighted by Crippen LogP contribution is -2.61. The van der Waals surface area contributed by atoms with Gasteiger partial charge in [-0.05, 0) is 89.5 Å². The molecule has 3 heterocycles. The second-order valence-electron chi connectivity index (χ2n) is 12.1. The predicted molar refractivity (Wildman–Crippen MR) is 157 cm³/mol. The van der Waals surface area contributed by atoms with Gasteiger partial charge in [-0.25, -0.2) is 4.79 Å². The third-order valence-corrected chi connectivity index (χ3v) is 9.98. The van der Waals surface area contributed by atoms with Gasteiger partial charge in [0.25, 0.3) is 0 Å². The van der Waals surface area contributed by atoms with E-state index in [1.165, 1.54) is 19.3 Å². The molecule has 3 amide bonds. The molecule has 8 heteroatoms. The van der Waals surface area contributed by atoms with E-state index in [0.717, 1.165) is 81.7 Å². The summed E-state index contributed by atoms with van der Waals surface area (Å²) in [4.78, 5) is 34.6. The van der Waals surface area contributed by atoms with Crippen molar-refractivity contribution < 1.29 is 9.59 Å². The maximum Gasteiger partial charge on any atom is 0.320 e. The van der Waals surface area contributed by atoms with Crippen LogP contribution in [0, 0.1) is 0 Å². The number of rotatable bonds is 9. The second kappa shape index (κ2) is 13.2. The first-order valence-corrected chi connectivity index (χ1v) is 16.0. The second-order valence-corrected chi connectivity index (χ2v) is 12.6. The molecule has 0 radical (unpaired) electrons. The lowest BCUT2D eigenvalue weighted by atomic mass is 9.89. The molecule has 1 aromatic rings. The fourth-order valence-corrected chi connectivity index (χ4v) is 7.82. The number of carbonyl (C=O) groups is 2. The van der Waals surface area contributed by atoms with Crippen LogP contribution in [0.25, 0.3) is 0 Å². The number of nitrogens with zero attached hydrogens (tertiary/aromatic N) is 3. The maximum absolute atomic E-state index is 14.3. The van der Waals surface area contributed by atoms with E-state index >= 15 is 0 Å². The Morgan fingerprint density at radius 2 is 1.64 bits per heavy atom. The van der Waals surface area contributed by atoms with Crippen LogP contribution in [0.15, 0.2) is 24.3 Å². The Morgan fingerprint density at radius 3 is 2.23 bits per heavy atom. The van der Waals surface area contributed by atoms with E-state index in [-0.39, 0.29) is 36.1 Å². The largest absolute Gasteiger partial charge is 0.335 e. The fraction of sp³-hybridized carbons (Fsp3) is 0.742. The zero-order valence-corrected chi connectivity index (χ0v) is 24.7. The Bertz CT molecular complexity index is 944. The van der Waals surface area contributed by atoms with Crippen LogP contribution in [0.3, 0.4) is 0 Å². The Morgan fingerprint density at radius 1 is 0.974 bits per heavy atom. The molecule has 4 fully saturated rings. The summed E-state index contributed by atoms with van der Waals surface area (Å²) in [6.07, 6.45) is 11.6. The normalized spacial score (nSPS) is 27.9. The van der Waals surface area contributed by atoms with Crippen LogP contribution < -0.4 is 10.6 Å². The number of hydrogen-bond donors (Lipinski definition) is 2. The number of amides is 3. The maximum atomic E-state index is 14.3. The molecule has 1 saturated carbocycles. The average molecular weight is 558 g/mol. The van der Waals surface area contributed by atoms with Gasteiger partial charge in [0.15, 0.2) is 0 Å². The molecule has 3 saturated heterocycles. The molecule has 3 unspecified atom stereocenters. The molecule has 4 atom stereocenters. The van der Waals surface area contributed by atoms with Gasteiger partial charge in [-0.3, -0.25) is 4.79 Å². The molecule has 216 valence electrons. The molecule has 0 aromatic heterocycles. The summed E-state index contributed by atoms with van der Waals surface area (Å²) in [6, 6.07) is 9.19. The van der Waals surface area contributed by atoms with E-state index in [0.29, 0.717) is 18.5 Å². The van der Waals surface area contributed by atoms with Crippen LogP contribution in [-0.4, -0.2) is 89.1 Å². The Hall–Kier alpha value is -1.83. The first kappa shape index (κ1) is 28.7. The molecule has 1 aliphatic carbocycles. The fourth-order valence-electron chi connectivity index (χ4n) is 7.70. The smallest absolute Gasteiger partial charge is 0.320 e. The van der Waals surface area contributed by atoms with Gasteiger partial charge in [0.05, 0.1) is 6.04 Å². The summed E-state index contributed by atoms with van der Waals surface area (Å²) in [5, 5.41) is 7.87. The number of benzene rings is 1. The van der Waals surface area contributed by atoms with Crippen LogP contribution >= 0.6 is 11.6 Å². The summed E-state index contributed by atoms with van der Waals surface area (Å²) in [5.74, 6) is 0.238. The quantitative estimate of drug-likeness (QED) is 0.457. The topological polar surface area (TPSA) is 67.9 Å². The molecule has 7 nitrogen and oxygen atoms in total. The van der Waals surface area contributed by atoms with Crippen LogP contribution in [0.1, 0.15) is 83.6 Å². The van der Waals surface area contributed by atoms with Crippen molar-refractivity contribution in [1.29, 1.82) is 0 Å². The average Bonchev–Trinajstić information content (AvgIpc) is 3.56.